The van der Waals surface area contributed by atoms with E-state index >= 15 is 0 Å². The number of ether oxygens (including phenoxy) is 1. The van der Waals surface area contributed by atoms with Crippen molar-refractivity contribution in [1.82, 2.24) is 0 Å². The Balaban J connectivity index is 1.89. The predicted molar refractivity (Wildman–Crippen MR) is 84.7 cm³/mol. The van der Waals surface area contributed by atoms with Crippen molar-refractivity contribution >= 4 is 12.6 Å². The van der Waals surface area contributed by atoms with Crippen LogP contribution in [0.5, 0.6) is 0 Å². The minimum atomic E-state index is -0.296. The molecular formula is C17H25BO3. The quantitative estimate of drug-likeness (QED) is 0.744. The van der Waals surface area contributed by atoms with E-state index in [2.05, 4.69) is 59.7 Å². The molecule has 0 unspecified atom stereocenters. The summed E-state index contributed by atoms with van der Waals surface area (Å²) in [7, 11) is -0.286. The molecule has 2 aliphatic heterocycles. The SMILES string of the molecule is CC1(C)Cc2cc(B3OC(C)(C)C(C)(C)O3)ccc2CO1. The van der Waals surface area contributed by atoms with Crippen molar-refractivity contribution < 1.29 is 14.0 Å². The Morgan fingerprint density at radius 2 is 1.52 bits per heavy atom. The average Bonchev–Trinajstić information content (AvgIpc) is 2.56. The van der Waals surface area contributed by atoms with Gasteiger partial charge in [-0.2, -0.15) is 0 Å². The second-order valence-corrected chi connectivity index (χ2v) is 7.84. The summed E-state index contributed by atoms with van der Waals surface area (Å²) >= 11 is 0. The number of fused-ring (bicyclic) bond motifs is 1. The molecule has 4 heteroatoms. The Kier molecular flexibility index (Phi) is 3.29. The second-order valence-electron chi connectivity index (χ2n) is 7.84. The average molecular weight is 288 g/mol. The minimum Gasteiger partial charge on any atom is -0.399 e. The van der Waals surface area contributed by atoms with Gasteiger partial charge in [0.15, 0.2) is 0 Å². The van der Waals surface area contributed by atoms with Gasteiger partial charge in [0.25, 0.3) is 0 Å². The molecule has 1 aromatic rings. The third kappa shape index (κ3) is 2.65. The Morgan fingerprint density at radius 1 is 0.905 bits per heavy atom. The van der Waals surface area contributed by atoms with Gasteiger partial charge in [-0.3, -0.25) is 0 Å². The molecule has 0 amide bonds. The first-order valence-corrected chi connectivity index (χ1v) is 7.71. The molecule has 0 N–H and O–H groups in total. The van der Waals surface area contributed by atoms with Crippen molar-refractivity contribution in [3.63, 3.8) is 0 Å². The summed E-state index contributed by atoms with van der Waals surface area (Å²) in [6.45, 7) is 13.3. The van der Waals surface area contributed by atoms with Crippen LogP contribution in [-0.4, -0.2) is 23.9 Å². The first-order chi connectivity index (χ1) is 9.60. The molecule has 0 radical (unpaired) electrons. The maximum absolute atomic E-state index is 6.14. The zero-order valence-electron chi connectivity index (χ0n) is 13.9. The van der Waals surface area contributed by atoms with Crippen LogP contribution < -0.4 is 5.46 Å². The first-order valence-electron chi connectivity index (χ1n) is 7.71. The molecule has 0 atom stereocenters. The van der Waals surface area contributed by atoms with Gasteiger partial charge in [0.05, 0.1) is 23.4 Å². The summed E-state index contributed by atoms with van der Waals surface area (Å²) in [5.74, 6) is 0. The van der Waals surface area contributed by atoms with E-state index in [0.717, 1.165) is 11.9 Å². The van der Waals surface area contributed by atoms with Crippen LogP contribution >= 0.6 is 0 Å². The van der Waals surface area contributed by atoms with Crippen LogP contribution in [0.4, 0.5) is 0 Å². The van der Waals surface area contributed by atoms with Crippen LogP contribution in [0.15, 0.2) is 18.2 Å². The fraction of sp³-hybridized carbons (Fsp3) is 0.647. The Morgan fingerprint density at radius 3 is 2.14 bits per heavy atom. The molecular weight excluding hydrogens is 263 g/mol. The highest BCUT2D eigenvalue weighted by atomic mass is 16.7. The van der Waals surface area contributed by atoms with Gasteiger partial charge < -0.3 is 14.0 Å². The number of benzene rings is 1. The van der Waals surface area contributed by atoms with E-state index in [-0.39, 0.29) is 23.9 Å². The van der Waals surface area contributed by atoms with Gasteiger partial charge in [0.1, 0.15) is 0 Å². The lowest BCUT2D eigenvalue weighted by molar-refractivity contribution is -0.0400. The van der Waals surface area contributed by atoms with E-state index in [9.17, 15) is 0 Å². The highest BCUT2D eigenvalue weighted by Gasteiger charge is 2.51. The van der Waals surface area contributed by atoms with Gasteiger partial charge in [-0.25, -0.2) is 0 Å². The van der Waals surface area contributed by atoms with E-state index < -0.39 is 0 Å². The molecule has 3 rings (SSSR count). The predicted octanol–water partition coefficient (Wildman–Crippen LogP) is 2.84. The summed E-state index contributed by atoms with van der Waals surface area (Å²) in [5.41, 5.74) is 3.03. The van der Waals surface area contributed by atoms with Crippen molar-refractivity contribution in [2.45, 2.75) is 71.4 Å². The lowest BCUT2D eigenvalue weighted by Crippen LogP contribution is -2.41. The zero-order valence-corrected chi connectivity index (χ0v) is 13.9. The molecule has 0 spiro atoms. The van der Waals surface area contributed by atoms with Crippen molar-refractivity contribution in [2.24, 2.45) is 0 Å². The van der Waals surface area contributed by atoms with Gasteiger partial charge in [-0.15, -0.1) is 0 Å². The van der Waals surface area contributed by atoms with Crippen molar-refractivity contribution in [3.8, 4) is 0 Å². The maximum atomic E-state index is 6.14. The first kappa shape index (κ1) is 15.1. The third-order valence-corrected chi connectivity index (χ3v) is 4.99. The Hall–Kier alpha value is -0.835. The largest absolute Gasteiger partial charge is 0.494 e. The number of rotatable bonds is 1. The summed E-state index contributed by atoms with van der Waals surface area (Å²) in [6.07, 6.45) is 0.926. The molecule has 2 heterocycles. The van der Waals surface area contributed by atoms with Gasteiger partial charge in [-0.1, -0.05) is 18.2 Å². The topological polar surface area (TPSA) is 27.7 Å². The van der Waals surface area contributed by atoms with Crippen LogP contribution in [-0.2, 0) is 27.1 Å². The van der Waals surface area contributed by atoms with Crippen LogP contribution in [0.25, 0.3) is 0 Å². The smallest absolute Gasteiger partial charge is 0.399 e. The van der Waals surface area contributed by atoms with Gasteiger partial charge >= 0.3 is 7.12 Å². The standard InChI is InChI=1S/C17H25BO3/c1-15(2)10-13-9-14(8-7-12(13)11-19-15)18-20-16(3,4)17(5,6)21-18/h7-9H,10-11H2,1-6H3. The number of hydrogen-bond donors (Lipinski definition) is 0. The van der Waals surface area contributed by atoms with Crippen LogP contribution in [0.2, 0.25) is 0 Å². The van der Waals surface area contributed by atoms with E-state index in [1.54, 1.807) is 0 Å². The van der Waals surface area contributed by atoms with Crippen molar-refractivity contribution in [3.05, 3.63) is 29.3 Å². The molecule has 0 aliphatic carbocycles. The Bertz CT molecular complexity index is 547. The highest BCUT2D eigenvalue weighted by molar-refractivity contribution is 6.62. The molecule has 0 bridgehead atoms. The molecule has 0 saturated carbocycles. The van der Waals surface area contributed by atoms with Crippen LogP contribution in [0.1, 0.15) is 52.7 Å². The maximum Gasteiger partial charge on any atom is 0.494 e. The zero-order chi connectivity index (χ0) is 15.5. The molecule has 1 aromatic carbocycles. The summed E-state index contributed by atoms with van der Waals surface area (Å²) < 4.78 is 18.1. The molecule has 0 aromatic heterocycles. The summed E-state index contributed by atoms with van der Waals surface area (Å²) in [5, 5.41) is 0. The molecule has 1 saturated heterocycles. The molecule has 1 fully saturated rings. The fourth-order valence-corrected chi connectivity index (χ4v) is 2.86. The minimum absolute atomic E-state index is 0.0957. The Labute approximate surface area is 128 Å². The highest BCUT2D eigenvalue weighted by Crippen LogP contribution is 2.37. The molecule has 114 valence electrons. The van der Waals surface area contributed by atoms with Crippen LogP contribution in [0, 0.1) is 0 Å². The molecule has 2 aliphatic rings. The summed E-state index contributed by atoms with van der Waals surface area (Å²) in [6, 6.07) is 6.47. The van der Waals surface area contributed by atoms with E-state index in [0.29, 0.717) is 6.61 Å². The van der Waals surface area contributed by atoms with Crippen LogP contribution in [0.3, 0.4) is 0 Å². The summed E-state index contributed by atoms with van der Waals surface area (Å²) in [4.78, 5) is 0. The molecule has 3 nitrogen and oxygen atoms in total. The van der Waals surface area contributed by atoms with E-state index in [1.165, 1.54) is 11.1 Å². The van der Waals surface area contributed by atoms with Gasteiger partial charge in [-0.05, 0) is 58.1 Å². The van der Waals surface area contributed by atoms with Crippen molar-refractivity contribution in [2.75, 3.05) is 0 Å². The normalized spacial score (nSPS) is 25.7. The number of hydrogen-bond acceptors (Lipinski definition) is 3. The van der Waals surface area contributed by atoms with Crippen molar-refractivity contribution in [1.29, 1.82) is 0 Å². The van der Waals surface area contributed by atoms with E-state index in [1.807, 2.05) is 0 Å². The molecule has 21 heavy (non-hydrogen) atoms. The lowest BCUT2D eigenvalue weighted by Gasteiger charge is -2.32. The third-order valence-electron chi connectivity index (χ3n) is 4.99. The monoisotopic (exact) mass is 288 g/mol. The fourth-order valence-electron chi connectivity index (χ4n) is 2.86. The van der Waals surface area contributed by atoms with Gasteiger partial charge in [0.2, 0.25) is 0 Å². The second kappa shape index (κ2) is 4.58. The van der Waals surface area contributed by atoms with E-state index in [4.69, 9.17) is 14.0 Å². The van der Waals surface area contributed by atoms with Gasteiger partial charge in [0, 0.05) is 6.42 Å². The lowest BCUT2D eigenvalue weighted by atomic mass is 9.76.